The normalized spacial score (nSPS) is 29.6. The van der Waals surface area contributed by atoms with Crippen molar-refractivity contribution >= 4 is 0 Å². The first-order valence-corrected chi connectivity index (χ1v) is 4.32. The largest absolute Gasteiger partial charge is 0.379 e. The van der Waals surface area contributed by atoms with E-state index < -0.39 is 0 Å². The molecule has 1 aliphatic heterocycles. The van der Waals surface area contributed by atoms with E-state index in [2.05, 4.69) is 18.5 Å². The highest BCUT2D eigenvalue weighted by Crippen LogP contribution is 2.15. The van der Waals surface area contributed by atoms with Crippen molar-refractivity contribution in [3.05, 3.63) is 12.7 Å². The minimum Gasteiger partial charge on any atom is -0.379 e. The number of ether oxygens (including phenoxy) is 1. The van der Waals surface area contributed by atoms with Gasteiger partial charge in [-0.3, -0.25) is 0 Å². The highest BCUT2D eigenvalue weighted by atomic mass is 16.5. The van der Waals surface area contributed by atoms with Crippen molar-refractivity contribution < 1.29 is 4.74 Å². The molecule has 0 bridgehead atoms. The fourth-order valence-electron chi connectivity index (χ4n) is 1.57. The van der Waals surface area contributed by atoms with Crippen LogP contribution in [0.3, 0.4) is 0 Å². The molecule has 0 aliphatic carbocycles. The van der Waals surface area contributed by atoms with Crippen molar-refractivity contribution in [1.82, 2.24) is 4.90 Å². The van der Waals surface area contributed by atoms with Gasteiger partial charge in [-0.15, -0.1) is 6.58 Å². The second kappa shape index (κ2) is 4.03. The third kappa shape index (κ3) is 2.59. The van der Waals surface area contributed by atoms with Gasteiger partial charge in [0.2, 0.25) is 0 Å². The molecule has 3 nitrogen and oxygen atoms in total. The highest BCUT2D eigenvalue weighted by Gasteiger charge is 2.31. The van der Waals surface area contributed by atoms with Gasteiger partial charge in [-0.1, -0.05) is 6.08 Å². The molecular weight excluding hydrogens is 152 g/mol. The molecule has 0 spiro atoms. The zero-order valence-corrected chi connectivity index (χ0v) is 7.75. The summed E-state index contributed by atoms with van der Waals surface area (Å²) >= 11 is 0. The molecule has 2 N–H and O–H groups in total. The summed E-state index contributed by atoms with van der Waals surface area (Å²) in [6.45, 7) is 6.95. The average Bonchev–Trinajstić information content (AvgIpc) is 2.36. The predicted octanol–water partition coefficient (Wildman–Crippen LogP) is 0.222. The second-order valence-electron chi connectivity index (χ2n) is 3.65. The van der Waals surface area contributed by atoms with Crippen LogP contribution in [-0.2, 0) is 4.74 Å². The fraction of sp³-hybridized carbons (Fsp3) is 0.778. The van der Waals surface area contributed by atoms with Crippen LogP contribution in [0.1, 0.15) is 6.42 Å². The van der Waals surface area contributed by atoms with E-state index in [1.807, 2.05) is 6.08 Å². The monoisotopic (exact) mass is 170 g/mol. The molecule has 0 amide bonds. The SMILES string of the molecule is C=CCN(C)CC1(N)CCOC1. The Morgan fingerprint density at radius 1 is 1.75 bits per heavy atom. The van der Waals surface area contributed by atoms with Gasteiger partial charge in [-0.2, -0.15) is 0 Å². The van der Waals surface area contributed by atoms with Gasteiger partial charge < -0.3 is 15.4 Å². The highest BCUT2D eigenvalue weighted by molar-refractivity contribution is 4.91. The van der Waals surface area contributed by atoms with Gasteiger partial charge in [0.05, 0.1) is 12.1 Å². The summed E-state index contributed by atoms with van der Waals surface area (Å²) in [5.74, 6) is 0. The van der Waals surface area contributed by atoms with E-state index in [0.717, 1.165) is 26.1 Å². The molecule has 0 aromatic carbocycles. The van der Waals surface area contributed by atoms with E-state index in [0.29, 0.717) is 6.61 Å². The fourth-order valence-corrected chi connectivity index (χ4v) is 1.57. The van der Waals surface area contributed by atoms with Gasteiger partial charge in [-0.05, 0) is 13.5 Å². The van der Waals surface area contributed by atoms with Gasteiger partial charge in [0.1, 0.15) is 0 Å². The van der Waals surface area contributed by atoms with E-state index in [9.17, 15) is 0 Å². The van der Waals surface area contributed by atoms with Crippen molar-refractivity contribution in [3.63, 3.8) is 0 Å². The van der Waals surface area contributed by atoms with E-state index in [4.69, 9.17) is 10.5 Å². The maximum Gasteiger partial charge on any atom is 0.0659 e. The molecular formula is C9H18N2O. The molecule has 1 fully saturated rings. The van der Waals surface area contributed by atoms with Gasteiger partial charge in [-0.25, -0.2) is 0 Å². The van der Waals surface area contributed by atoms with Gasteiger partial charge in [0, 0.05) is 19.7 Å². The molecule has 1 unspecified atom stereocenters. The van der Waals surface area contributed by atoms with Gasteiger partial charge >= 0.3 is 0 Å². The molecule has 70 valence electrons. The molecule has 0 radical (unpaired) electrons. The summed E-state index contributed by atoms with van der Waals surface area (Å²) in [5, 5.41) is 0. The van der Waals surface area contributed by atoms with Crippen LogP contribution in [0, 0.1) is 0 Å². The van der Waals surface area contributed by atoms with Crippen molar-refractivity contribution in [1.29, 1.82) is 0 Å². The quantitative estimate of drug-likeness (QED) is 0.613. The molecule has 1 atom stereocenters. The van der Waals surface area contributed by atoms with E-state index in [1.165, 1.54) is 0 Å². The van der Waals surface area contributed by atoms with Crippen LogP contribution in [0.4, 0.5) is 0 Å². The lowest BCUT2D eigenvalue weighted by molar-refractivity contribution is 0.164. The number of hydrogen-bond donors (Lipinski definition) is 1. The number of nitrogens with zero attached hydrogens (tertiary/aromatic N) is 1. The average molecular weight is 170 g/mol. The van der Waals surface area contributed by atoms with Crippen LogP contribution in [0.2, 0.25) is 0 Å². The topological polar surface area (TPSA) is 38.5 Å². The Kier molecular flexibility index (Phi) is 3.26. The Bertz CT molecular complexity index is 153. The minimum absolute atomic E-state index is 0.127. The lowest BCUT2D eigenvalue weighted by Crippen LogP contribution is -2.49. The predicted molar refractivity (Wildman–Crippen MR) is 50.0 cm³/mol. The first kappa shape index (κ1) is 9.71. The van der Waals surface area contributed by atoms with Gasteiger partial charge in [0.25, 0.3) is 0 Å². The summed E-state index contributed by atoms with van der Waals surface area (Å²) in [6.07, 6.45) is 2.85. The van der Waals surface area contributed by atoms with Crippen molar-refractivity contribution in [2.24, 2.45) is 5.73 Å². The van der Waals surface area contributed by atoms with E-state index in [1.54, 1.807) is 0 Å². The summed E-state index contributed by atoms with van der Waals surface area (Å²) in [4.78, 5) is 2.17. The molecule has 0 aromatic heterocycles. The molecule has 1 rings (SSSR count). The number of hydrogen-bond acceptors (Lipinski definition) is 3. The Hall–Kier alpha value is -0.380. The van der Waals surface area contributed by atoms with Gasteiger partial charge in [0.15, 0.2) is 0 Å². The summed E-state index contributed by atoms with van der Waals surface area (Å²) < 4.78 is 5.26. The van der Waals surface area contributed by atoms with E-state index in [-0.39, 0.29) is 5.54 Å². The Balaban J connectivity index is 2.32. The summed E-state index contributed by atoms with van der Waals surface area (Å²) in [5.41, 5.74) is 5.96. The molecule has 3 heteroatoms. The molecule has 0 aromatic rings. The number of nitrogens with two attached hydrogens (primary N) is 1. The number of likely N-dealkylation sites (N-methyl/N-ethyl adjacent to an activating group) is 1. The Labute approximate surface area is 74.2 Å². The van der Waals surface area contributed by atoms with Crippen LogP contribution in [0.5, 0.6) is 0 Å². The third-order valence-corrected chi connectivity index (χ3v) is 2.16. The Morgan fingerprint density at radius 3 is 3.00 bits per heavy atom. The minimum atomic E-state index is -0.127. The van der Waals surface area contributed by atoms with E-state index >= 15 is 0 Å². The van der Waals surface area contributed by atoms with Crippen LogP contribution < -0.4 is 5.73 Å². The second-order valence-corrected chi connectivity index (χ2v) is 3.65. The maximum atomic E-state index is 6.09. The molecule has 1 saturated heterocycles. The van der Waals surface area contributed by atoms with Crippen molar-refractivity contribution in [3.8, 4) is 0 Å². The lowest BCUT2D eigenvalue weighted by Gasteiger charge is -2.27. The zero-order chi connectivity index (χ0) is 9.03. The van der Waals surface area contributed by atoms with Crippen LogP contribution >= 0.6 is 0 Å². The molecule has 1 aliphatic rings. The summed E-state index contributed by atoms with van der Waals surface area (Å²) in [6, 6.07) is 0. The molecule has 1 heterocycles. The molecule has 12 heavy (non-hydrogen) atoms. The zero-order valence-electron chi connectivity index (χ0n) is 7.75. The standard InChI is InChI=1S/C9H18N2O/c1-3-5-11(2)7-9(10)4-6-12-8-9/h3H,1,4-8,10H2,2H3. The van der Waals surface area contributed by atoms with Crippen molar-refractivity contribution in [2.75, 3.05) is 33.4 Å². The number of rotatable bonds is 4. The maximum absolute atomic E-state index is 6.09. The Morgan fingerprint density at radius 2 is 2.50 bits per heavy atom. The lowest BCUT2D eigenvalue weighted by atomic mass is 10.00. The van der Waals surface area contributed by atoms with Crippen molar-refractivity contribution in [2.45, 2.75) is 12.0 Å². The third-order valence-electron chi connectivity index (χ3n) is 2.16. The summed E-state index contributed by atoms with van der Waals surface area (Å²) in [7, 11) is 2.05. The van der Waals surface area contributed by atoms with Crippen LogP contribution in [-0.4, -0.2) is 43.8 Å². The molecule has 0 saturated carbocycles. The van der Waals surface area contributed by atoms with Crippen LogP contribution in [0.25, 0.3) is 0 Å². The first-order valence-electron chi connectivity index (χ1n) is 4.32. The van der Waals surface area contributed by atoms with Crippen LogP contribution in [0.15, 0.2) is 12.7 Å². The first-order chi connectivity index (χ1) is 5.66. The smallest absolute Gasteiger partial charge is 0.0659 e.